The van der Waals surface area contributed by atoms with E-state index in [0.717, 1.165) is 31.5 Å². The molecule has 1 fully saturated rings. The fourth-order valence-corrected chi connectivity index (χ4v) is 3.27. The summed E-state index contributed by atoms with van der Waals surface area (Å²) >= 11 is 0. The summed E-state index contributed by atoms with van der Waals surface area (Å²) < 4.78 is 40.4. The Bertz CT molecular complexity index is 856. The van der Waals surface area contributed by atoms with Crippen molar-refractivity contribution >= 4 is 11.7 Å². The first-order valence-corrected chi connectivity index (χ1v) is 9.25. The highest BCUT2D eigenvalue weighted by Crippen LogP contribution is 2.23. The van der Waals surface area contributed by atoms with E-state index >= 15 is 0 Å². The number of ether oxygens (including phenoxy) is 1. The number of aromatic nitrogens is 1. The Hall–Kier alpha value is -2.81. The molecule has 0 aliphatic carbocycles. The summed E-state index contributed by atoms with van der Waals surface area (Å²) in [5, 5.41) is 0. The van der Waals surface area contributed by atoms with Crippen molar-refractivity contribution in [2.75, 3.05) is 26.7 Å². The number of alkyl halides is 3. The second-order valence-corrected chi connectivity index (χ2v) is 7.09. The summed E-state index contributed by atoms with van der Waals surface area (Å²) in [6, 6.07) is 7.08. The second-order valence-electron chi connectivity index (χ2n) is 7.09. The zero-order valence-electron chi connectivity index (χ0n) is 16.0. The first-order valence-electron chi connectivity index (χ1n) is 9.25. The molecule has 1 amide bonds. The molecule has 1 aliphatic heterocycles. The molecule has 3 rings (SSSR count). The van der Waals surface area contributed by atoms with Gasteiger partial charge in [0.15, 0.2) is 5.78 Å². The third-order valence-corrected chi connectivity index (χ3v) is 4.65. The SMILES string of the molecule is CN(CC(=O)c1c[nH]c(C(=O)N2CCCC2)c1)Cc1ccc(OC(F)(F)F)cc1. The van der Waals surface area contributed by atoms with E-state index in [1.54, 1.807) is 22.9 Å². The van der Waals surface area contributed by atoms with Gasteiger partial charge in [-0.15, -0.1) is 13.2 Å². The molecule has 1 N–H and O–H groups in total. The van der Waals surface area contributed by atoms with E-state index in [2.05, 4.69) is 9.72 Å². The van der Waals surface area contributed by atoms with E-state index in [1.165, 1.54) is 30.5 Å². The maximum Gasteiger partial charge on any atom is 0.573 e. The van der Waals surface area contributed by atoms with Gasteiger partial charge in [0.05, 0.1) is 6.54 Å². The molecule has 0 spiro atoms. The van der Waals surface area contributed by atoms with Gasteiger partial charge < -0.3 is 14.6 Å². The van der Waals surface area contributed by atoms with E-state index in [0.29, 0.717) is 17.8 Å². The number of benzene rings is 1. The Morgan fingerprint density at radius 1 is 1.17 bits per heavy atom. The van der Waals surface area contributed by atoms with Crippen molar-refractivity contribution in [2.24, 2.45) is 0 Å². The average molecular weight is 409 g/mol. The summed E-state index contributed by atoms with van der Waals surface area (Å²) in [5.41, 5.74) is 1.57. The number of ketones is 1. The highest BCUT2D eigenvalue weighted by Gasteiger charge is 2.31. The Morgan fingerprint density at radius 3 is 2.45 bits per heavy atom. The van der Waals surface area contributed by atoms with Gasteiger partial charge in [-0.05, 0) is 43.7 Å². The number of H-pyrrole nitrogens is 1. The lowest BCUT2D eigenvalue weighted by Gasteiger charge is -2.16. The first kappa shape index (κ1) is 20.9. The monoisotopic (exact) mass is 409 g/mol. The van der Waals surface area contributed by atoms with Crippen molar-refractivity contribution in [1.82, 2.24) is 14.8 Å². The number of nitrogens with one attached hydrogen (secondary N) is 1. The summed E-state index contributed by atoms with van der Waals surface area (Å²) in [4.78, 5) is 31.2. The number of likely N-dealkylation sites (tertiary alicyclic amines) is 1. The number of likely N-dealkylation sites (N-methyl/N-ethyl adjacent to an activating group) is 1. The van der Waals surface area contributed by atoms with Gasteiger partial charge in [-0.25, -0.2) is 0 Å². The molecule has 1 aromatic carbocycles. The molecule has 156 valence electrons. The van der Waals surface area contributed by atoms with Crippen LogP contribution in [0.1, 0.15) is 39.3 Å². The molecule has 29 heavy (non-hydrogen) atoms. The van der Waals surface area contributed by atoms with E-state index in [-0.39, 0.29) is 24.0 Å². The van der Waals surface area contributed by atoms with Crippen molar-refractivity contribution in [3.63, 3.8) is 0 Å². The third kappa shape index (κ3) is 5.83. The molecule has 6 nitrogen and oxygen atoms in total. The number of hydrogen-bond donors (Lipinski definition) is 1. The lowest BCUT2D eigenvalue weighted by atomic mass is 10.1. The summed E-state index contributed by atoms with van der Waals surface area (Å²) in [6.45, 7) is 1.95. The molecule has 1 saturated heterocycles. The van der Waals surface area contributed by atoms with Gasteiger partial charge in [-0.1, -0.05) is 12.1 Å². The van der Waals surface area contributed by atoms with Gasteiger partial charge >= 0.3 is 6.36 Å². The molecule has 0 bridgehead atoms. The van der Waals surface area contributed by atoms with Gasteiger partial charge in [0.2, 0.25) is 0 Å². The minimum absolute atomic E-state index is 0.101. The Balaban J connectivity index is 1.53. The molecule has 0 atom stereocenters. The molecule has 0 unspecified atom stereocenters. The van der Waals surface area contributed by atoms with Crippen molar-refractivity contribution in [2.45, 2.75) is 25.7 Å². The summed E-state index contributed by atoms with van der Waals surface area (Å²) in [5.74, 6) is -0.542. The van der Waals surface area contributed by atoms with Gasteiger partial charge in [0, 0.05) is 31.4 Å². The van der Waals surface area contributed by atoms with Gasteiger partial charge in [-0.3, -0.25) is 14.5 Å². The maximum atomic E-state index is 12.5. The van der Waals surface area contributed by atoms with Crippen LogP contribution < -0.4 is 4.74 Å². The third-order valence-electron chi connectivity index (χ3n) is 4.65. The van der Waals surface area contributed by atoms with Crippen LogP contribution >= 0.6 is 0 Å². The van der Waals surface area contributed by atoms with Crippen molar-refractivity contribution < 1.29 is 27.5 Å². The van der Waals surface area contributed by atoms with Crippen LogP contribution in [0.3, 0.4) is 0 Å². The van der Waals surface area contributed by atoms with Crippen LogP contribution in [0.15, 0.2) is 36.5 Å². The highest BCUT2D eigenvalue weighted by atomic mass is 19.4. The number of hydrogen-bond acceptors (Lipinski definition) is 4. The zero-order chi connectivity index (χ0) is 21.0. The first-order chi connectivity index (χ1) is 13.7. The molecule has 0 radical (unpaired) electrons. The van der Waals surface area contributed by atoms with Crippen LogP contribution in [-0.2, 0) is 6.54 Å². The number of halogens is 3. The predicted molar refractivity (Wildman–Crippen MR) is 99.7 cm³/mol. The zero-order valence-corrected chi connectivity index (χ0v) is 16.0. The maximum absolute atomic E-state index is 12.5. The van der Waals surface area contributed by atoms with Gasteiger partial charge in [-0.2, -0.15) is 0 Å². The standard InChI is InChI=1S/C20H22F3N3O3/c1-25(12-14-4-6-16(7-5-14)29-20(21,22)23)13-18(27)15-10-17(24-11-15)19(28)26-8-2-3-9-26/h4-7,10-11,24H,2-3,8-9,12-13H2,1H3. The normalized spacial score (nSPS) is 14.4. The lowest BCUT2D eigenvalue weighted by Crippen LogP contribution is -2.28. The largest absolute Gasteiger partial charge is 0.573 e. The molecule has 0 saturated carbocycles. The minimum atomic E-state index is -4.73. The molecule has 1 aromatic heterocycles. The van der Waals surface area contributed by atoms with Crippen LogP contribution in [0.2, 0.25) is 0 Å². The fraction of sp³-hybridized carbons (Fsp3) is 0.400. The van der Waals surface area contributed by atoms with Crippen LogP contribution in [0.4, 0.5) is 13.2 Å². The predicted octanol–water partition coefficient (Wildman–Crippen LogP) is 3.46. The van der Waals surface area contributed by atoms with Crippen molar-refractivity contribution in [1.29, 1.82) is 0 Å². The Labute approximate surface area is 166 Å². The molecule has 9 heteroatoms. The number of nitrogens with zero attached hydrogens (tertiary/aromatic N) is 2. The van der Waals surface area contributed by atoms with Crippen molar-refractivity contribution in [3.05, 3.63) is 53.3 Å². The van der Waals surface area contributed by atoms with E-state index in [9.17, 15) is 22.8 Å². The smallest absolute Gasteiger partial charge is 0.406 e. The van der Waals surface area contributed by atoms with Gasteiger partial charge in [0.25, 0.3) is 5.91 Å². The fourth-order valence-electron chi connectivity index (χ4n) is 3.27. The summed E-state index contributed by atoms with van der Waals surface area (Å²) in [7, 11) is 1.74. The highest BCUT2D eigenvalue weighted by molar-refractivity contribution is 6.01. The van der Waals surface area contributed by atoms with Gasteiger partial charge in [0.1, 0.15) is 11.4 Å². The van der Waals surface area contributed by atoms with Crippen molar-refractivity contribution in [3.8, 4) is 5.75 Å². The Morgan fingerprint density at radius 2 is 1.83 bits per heavy atom. The number of carbonyl (C=O) groups is 2. The average Bonchev–Trinajstić information content (AvgIpc) is 3.33. The molecule has 2 heterocycles. The minimum Gasteiger partial charge on any atom is -0.406 e. The van der Waals surface area contributed by atoms with E-state index in [1.807, 2.05) is 0 Å². The quantitative estimate of drug-likeness (QED) is 0.712. The van der Waals surface area contributed by atoms with Crippen LogP contribution in [0.5, 0.6) is 5.75 Å². The molecule has 1 aliphatic rings. The second kappa shape index (κ2) is 8.69. The van der Waals surface area contributed by atoms with E-state index < -0.39 is 6.36 Å². The van der Waals surface area contributed by atoms with Crippen LogP contribution in [0.25, 0.3) is 0 Å². The number of carbonyl (C=O) groups excluding carboxylic acids is 2. The molecular formula is C20H22F3N3O3. The van der Waals surface area contributed by atoms with Crippen LogP contribution in [-0.4, -0.2) is 59.5 Å². The number of aromatic amines is 1. The molecular weight excluding hydrogens is 387 g/mol. The summed E-state index contributed by atoms with van der Waals surface area (Å²) in [6.07, 6.45) is -1.21. The number of Topliss-reactive ketones (excluding diaryl/α,β-unsaturated/α-hetero) is 1. The Kier molecular flexibility index (Phi) is 6.26. The topological polar surface area (TPSA) is 65.6 Å². The van der Waals surface area contributed by atoms with Crippen LogP contribution in [0, 0.1) is 0 Å². The van der Waals surface area contributed by atoms with E-state index in [4.69, 9.17) is 0 Å². The number of rotatable bonds is 7. The molecule has 2 aromatic rings. The number of amides is 1. The lowest BCUT2D eigenvalue weighted by molar-refractivity contribution is -0.274.